The van der Waals surface area contributed by atoms with E-state index in [-0.39, 0.29) is 0 Å². The molecule has 74 valence electrons. The molecule has 0 fully saturated rings. The fraction of sp³-hybridized carbons (Fsp3) is 0.0909. The van der Waals surface area contributed by atoms with Crippen LogP contribution in [0.4, 0.5) is 0 Å². The summed E-state index contributed by atoms with van der Waals surface area (Å²) in [6, 6.07) is 9.12. The van der Waals surface area contributed by atoms with Crippen molar-refractivity contribution in [3.05, 3.63) is 46.4 Å². The number of benzene rings is 1. The van der Waals surface area contributed by atoms with Crippen LogP contribution < -0.4 is 4.74 Å². The Hall–Kier alpha value is -1.86. The van der Waals surface area contributed by atoms with E-state index in [0.29, 0.717) is 12.2 Å². The molecule has 1 aromatic heterocycles. The topological polar surface area (TPSA) is 45.9 Å². The summed E-state index contributed by atoms with van der Waals surface area (Å²) in [6.45, 7) is 0.524. The molecule has 1 aromatic carbocycles. The van der Waals surface area contributed by atoms with Gasteiger partial charge in [-0.25, -0.2) is 0 Å². The molecule has 2 aromatic rings. The highest BCUT2D eigenvalue weighted by atomic mass is 32.1. The summed E-state index contributed by atoms with van der Waals surface area (Å²) in [5, 5.41) is 8.61. The number of thiazole rings is 1. The van der Waals surface area contributed by atoms with E-state index >= 15 is 0 Å². The van der Waals surface area contributed by atoms with Gasteiger partial charge in [0, 0.05) is 6.20 Å². The Morgan fingerprint density at radius 3 is 2.73 bits per heavy atom. The highest BCUT2D eigenvalue weighted by molar-refractivity contribution is 7.09. The number of ether oxygens (including phenoxy) is 1. The quantitative estimate of drug-likeness (QED) is 0.792. The van der Waals surface area contributed by atoms with Gasteiger partial charge in [-0.05, 0) is 24.3 Å². The molecular weight excluding hydrogens is 208 g/mol. The lowest BCUT2D eigenvalue weighted by Gasteiger charge is -2.03. The molecule has 3 nitrogen and oxygen atoms in total. The second-order valence-corrected chi connectivity index (χ2v) is 3.86. The molecule has 1 heterocycles. The smallest absolute Gasteiger partial charge is 0.124 e. The Balaban J connectivity index is 1.97. The molecule has 0 aliphatic carbocycles. The molecular formula is C11H8N2OS. The Bertz CT molecular complexity index is 456. The van der Waals surface area contributed by atoms with Crippen molar-refractivity contribution in [2.24, 2.45) is 0 Å². The molecule has 2 rings (SSSR count). The molecule has 0 aliphatic heterocycles. The molecule has 0 unspecified atom stereocenters. The Labute approximate surface area is 91.6 Å². The van der Waals surface area contributed by atoms with E-state index in [4.69, 9.17) is 10.00 Å². The molecule has 0 amide bonds. The van der Waals surface area contributed by atoms with Crippen LogP contribution in [-0.2, 0) is 6.61 Å². The third kappa shape index (κ3) is 2.55. The van der Waals surface area contributed by atoms with Gasteiger partial charge in [0.1, 0.15) is 12.4 Å². The van der Waals surface area contributed by atoms with Gasteiger partial charge in [0.05, 0.1) is 22.0 Å². The Morgan fingerprint density at radius 2 is 2.13 bits per heavy atom. The molecule has 0 saturated heterocycles. The summed E-state index contributed by atoms with van der Waals surface area (Å²) in [5.41, 5.74) is 2.41. The number of hydrogen-bond donors (Lipinski definition) is 0. The lowest BCUT2D eigenvalue weighted by Crippen LogP contribution is -1.92. The lowest BCUT2D eigenvalue weighted by molar-refractivity contribution is 0.309. The van der Waals surface area contributed by atoms with Crippen LogP contribution in [0.15, 0.2) is 36.0 Å². The molecule has 0 saturated carbocycles. The maximum Gasteiger partial charge on any atom is 0.124 e. The van der Waals surface area contributed by atoms with Gasteiger partial charge in [0.2, 0.25) is 0 Å². The predicted octanol–water partition coefficient (Wildman–Crippen LogP) is 2.59. The number of nitrogens with zero attached hydrogens (tertiary/aromatic N) is 2. The number of nitriles is 1. The normalized spacial score (nSPS) is 9.53. The van der Waals surface area contributed by atoms with E-state index in [1.807, 2.05) is 0 Å². The van der Waals surface area contributed by atoms with E-state index in [1.165, 1.54) is 0 Å². The number of aromatic nitrogens is 1. The van der Waals surface area contributed by atoms with Crippen LogP contribution in [0.3, 0.4) is 0 Å². The van der Waals surface area contributed by atoms with Gasteiger partial charge in [-0.3, -0.25) is 4.98 Å². The minimum absolute atomic E-state index is 0.524. The van der Waals surface area contributed by atoms with E-state index in [0.717, 1.165) is 10.6 Å². The van der Waals surface area contributed by atoms with Crippen LogP contribution in [0.2, 0.25) is 0 Å². The van der Waals surface area contributed by atoms with Crippen LogP contribution in [0.25, 0.3) is 0 Å². The van der Waals surface area contributed by atoms with Gasteiger partial charge in [0.15, 0.2) is 0 Å². The summed E-state index contributed by atoms with van der Waals surface area (Å²) in [4.78, 5) is 5.04. The second-order valence-electron chi connectivity index (χ2n) is 2.89. The average Bonchev–Trinajstić information content (AvgIpc) is 2.80. The average molecular weight is 216 g/mol. The van der Waals surface area contributed by atoms with Crippen LogP contribution in [-0.4, -0.2) is 4.98 Å². The zero-order valence-corrected chi connectivity index (χ0v) is 8.70. The maximum absolute atomic E-state index is 8.61. The van der Waals surface area contributed by atoms with Crippen molar-refractivity contribution in [2.45, 2.75) is 6.61 Å². The minimum atomic E-state index is 0.524. The van der Waals surface area contributed by atoms with Crippen LogP contribution in [0.1, 0.15) is 10.4 Å². The largest absolute Gasteiger partial charge is 0.488 e. The third-order valence-electron chi connectivity index (χ3n) is 1.85. The van der Waals surface area contributed by atoms with Gasteiger partial charge >= 0.3 is 0 Å². The third-order valence-corrected chi connectivity index (χ3v) is 2.60. The first-order valence-corrected chi connectivity index (χ1v) is 5.27. The van der Waals surface area contributed by atoms with Gasteiger partial charge in [0.25, 0.3) is 0 Å². The number of hydrogen-bond acceptors (Lipinski definition) is 4. The molecule has 0 atom stereocenters. The fourth-order valence-corrected chi connectivity index (χ4v) is 1.60. The van der Waals surface area contributed by atoms with E-state index in [2.05, 4.69) is 11.1 Å². The van der Waals surface area contributed by atoms with Crippen molar-refractivity contribution < 1.29 is 4.74 Å². The summed E-state index contributed by atoms with van der Waals surface area (Å²) in [5.74, 6) is 0.766. The molecule has 0 radical (unpaired) electrons. The highest BCUT2D eigenvalue weighted by Gasteiger charge is 1.97. The molecule has 15 heavy (non-hydrogen) atoms. The summed E-state index contributed by atoms with van der Waals surface area (Å²) < 4.78 is 5.51. The van der Waals surface area contributed by atoms with Crippen molar-refractivity contribution in [3.8, 4) is 11.8 Å². The zero-order valence-electron chi connectivity index (χ0n) is 7.88. The molecule has 0 aliphatic rings. The van der Waals surface area contributed by atoms with Gasteiger partial charge in [-0.15, -0.1) is 11.3 Å². The van der Waals surface area contributed by atoms with Crippen molar-refractivity contribution in [1.82, 2.24) is 4.98 Å². The van der Waals surface area contributed by atoms with E-state index < -0.39 is 0 Å². The maximum atomic E-state index is 8.61. The molecule has 0 N–H and O–H groups in total. The minimum Gasteiger partial charge on any atom is -0.488 e. The zero-order chi connectivity index (χ0) is 10.5. The van der Waals surface area contributed by atoms with Gasteiger partial charge < -0.3 is 4.74 Å². The monoisotopic (exact) mass is 216 g/mol. The highest BCUT2D eigenvalue weighted by Crippen LogP contribution is 2.15. The van der Waals surface area contributed by atoms with Crippen molar-refractivity contribution in [3.63, 3.8) is 0 Å². The summed E-state index contributed by atoms with van der Waals surface area (Å²) in [7, 11) is 0. The Morgan fingerprint density at radius 1 is 1.33 bits per heavy atom. The van der Waals surface area contributed by atoms with Crippen molar-refractivity contribution >= 4 is 11.3 Å². The molecule has 0 bridgehead atoms. The lowest BCUT2D eigenvalue weighted by atomic mass is 10.2. The Kier molecular flexibility index (Phi) is 2.96. The first-order valence-electron chi connectivity index (χ1n) is 4.39. The van der Waals surface area contributed by atoms with Crippen LogP contribution >= 0.6 is 11.3 Å². The van der Waals surface area contributed by atoms with Gasteiger partial charge in [-0.2, -0.15) is 5.26 Å². The second kappa shape index (κ2) is 4.58. The van der Waals surface area contributed by atoms with E-state index in [9.17, 15) is 0 Å². The SMILES string of the molecule is N#Cc1ccc(OCc2cncs2)cc1. The fourth-order valence-electron chi connectivity index (χ4n) is 1.09. The van der Waals surface area contributed by atoms with E-state index in [1.54, 1.807) is 47.3 Å². The van der Waals surface area contributed by atoms with Gasteiger partial charge in [-0.1, -0.05) is 0 Å². The van der Waals surface area contributed by atoms with Crippen LogP contribution in [0.5, 0.6) is 5.75 Å². The summed E-state index contributed by atoms with van der Waals surface area (Å²) in [6.07, 6.45) is 1.79. The first-order chi connectivity index (χ1) is 7.38. The molecule has 4 heteroatoms. The van der Waals surface area contributed by atoms with Crippen molar-refractivity contribution in [2.75, 3.05) is 0 Å². The van der Waals surface area contributed by atoms with Crippen LogP contribution in [0, 0.1) is 11.3 Å². The number of rotatable bonds is 3. The van der Waals surface area contributed by atoms with Crippen molar-refractivity contribution in [1.29, 1.82) is 5.26 Å². The molecule has 0 spiro atoms. The summed E-state index contributed by atoms with van der Waals surface area (Å²) >= 11 is 1.56. The first kappa shape index (κ1) is 9.69. The standard InChI is InChI=1S/C11H8N2OS/c12-5-9-1-3-10(4-2-9)14-7-11-6-13-8-15-11/h1-4,6,8H,7H2. The predicted molar refractivity (Wildman–Crippen MR) is 57.6 cm³/mol.